The van der Waals surface area contributed by atoms with Crippen molar-refractivity contribution in [2.75, 3.05) is 20.8 Å². The number of carbonyl (C=O) groups excluding carboxylic acids is 1. The molecule has 4 aromatic rings. The lowest BCUT2D eigenvalue weighted by Crippen LogP contribution is -2.51. The predicted molar refractivity (Wildman–Crippen MR) is 157 cm³/mol. The van der Waals surface area contributed by atoms with E-state index in [2.05, 4.69) is 6.07 Å². The SMILES string of the molecule is COc1ccccc1[C@H]1C(C(=O)O)[C@H](c2ccccc2OC)C1C(=O)OCC(c1ccccc1)c1ccccc1C. The molecule has 0 amide bonds. The zero-order valence-corrected chi connectivity index (χ0v) is 23.4. The van der Waals surface area contributed by atoms with Gasteiger partial charge in [-0.2, -0.15) is 0 Å². The van der Waals surface area contributed by atoms with Gasteiger partial charge in [0.2, 0.25) is 0 Å². The first-order chi connectivity index (χ1) is 20.0. The van der Waals surface area contributed by atoms with Crippen LogP contribution in [-0.2, 0) is 14.3 Å². The Morgan fingerprint density at radius 1 is 0.707 bits per heavy atom. The number of aliphatic carboxylic acids is 1. The molecule has 4 aromatic carbocycles. The van der Waals surface area contributed by atoms with Crippen molar-refractivity contribution < 1.29 is 28.9 Å². The quantitative estimate of drug-likeness (QED) is 0.225. The number of carbonyl (C=O) groups is 2. The first-order valence-electron chi connectivity index (χ1n) is 13.7. The second-order valence-electron chi connectivity index (χ2n) is 10.4. The van der Waals surface area contributed by atoms with Gasteiger partial charge in [0.1, 0.15) is 18.1 Å². The average molecular weight is 551 g/mol. The Morgan fingerprint density at radius 2 is 1.22 bits per heavy atom. The Kier molecular flexibility index (Phi) is 8.39. The fourth-order valence-corrected chi connectivity index (χ4v) is 6.30. The van der Waals surface area contributed by atoms with Crippen LogP contribution in [0.2, 0.25) is 0 Å². The van der Waals surface area contributed by atoms with E-state index in [4.69, 9.17) is 14.2 Å². The number of para-hydroxylation sites is 2. The summed E-state index contributed by atoms with van der Waals surface area (Å²) in [6.45, 7) is 2.17. The normalized spacial score (nSPS) is 20.4. The third-order valence-corrected chi connectivity index (χ3v) is 8.26. The summed E-state index contributed by atoms with van der Waals surface area (Å²) in [4.78, 5) is 26.9. The van der Waals surface area contributed by atoms with Crippen LogP contribution in [0.5, 0.6) is 11.5 Å². The molecule has 1 fully saturated rings. The minimum atomic E-state index is -0.983. The van der Waals surface area contributed by atoms with E-state index >= 15 is 0 Å². The van der Waals surface area contributed by atoms with E-state index in [9.17, 15) is 14.7 Å². The monoisotopic (exact) mass is 550 g/mol. The Bertz CT molecular complexity index is 1460. The van der Waals surface area contributed by atoms with E-state index in [1.165, 1.54) is 0 Å². The molecule has 210 valence electrons. The Morgan fingerprint density at radius 3 is 1.76 bits per heavy atom. The highest BCUT2D eigenvalue weighted by molar-refractivity contribution is 5.85. The second-order valence-corrected chi connectivity index (χ2v) is 10.4. The summed E-state index contributed by atoms with van der Waals surface area (Å²) in [5.74, 6) is -3.42. The van der Waals surface area contributed by atoms with Gasteiger partial charge in [0.25, 0.3) is 0 Å². The molecule has 0 radical (unpaired) electrons. The molecule has 0 aromatic heterocycles. The third-order valence-electron chi connectivity index (χ3n) is 8.26. The van der Waals surface area contributed by atoms with Crippen LogP contribution in [0.15, 0.2) is 103 Å². The van der Waals surface area contributed by atoms with E-state index in [1.807, 2.05) is 91.9 Å². The number of methoxy groups -OCH3 is 2. The standard InChI is InChI=1S/C35H34O6/c1-22-13-7-8-16-24(22)27(23-14-5-4-6-15-23)21-41-35(38)33-30(25-17-9-11-19-28(25)39-2)32(34(36)37)31(33)26-18-10-12-20-29(26)40-3/h4-20,27,30-33H,21H2,1-3H3,(H,36,37)/t27?,30-,31-,32?,33?/m0/s1. The van der Waals surface area contributed by atoms with Crippen molar-refractivity contribution in [2.45, 2.75) is 24.7 Å². The highest BCUT2D eigenvalue weighted by atomic mass is 16.5. The lowest BCUT2D eigenvalue weighted by Gasteiger charge is -2.49. The van der Waals surface area contributed by atoms with Gasteiger partial charge in [-0.25, -0.2) is 0 Å². The number of carboxylic acids is 1. The first-order valence-corrected chi connectivity index (χ1v) is 13.7. The summed E-state index contributed by atoms with van der Waals surface area (Å²) in [7, 11) is 3.09. The molecule has 3 atom stereocenters. The van der Waals surface area contributed by atoms with Crippen LogP contribution in [0.25, 0.3) is 0 Å². The molecule has 5 rings (SSSR count). The number of hydrogen-bond acceptors (Lipinski definition) is 5. The second kappa shape index (κ2) is 12.3. The fraction of sp³-hybridized carbons (Fsp3) is 0.257. The van der Waals surface area contributed by atoms with Crippen LogP contribution in [0.3, 0.4) is 0 Å². The number of carboxylic acid groups (broad SMARTS) is 1. The number of ether oxygens (including phenoxy) is 3. The van der Waals surface area contributed by atoms with Gasteiger partial charge in [0.15, 0.2) is 0 Å². The molecule has 6 nitrogen and oxygen atoms in total. The van der Waals surface area contributed by atoms with Crippen LogP contribution >= 0.6 is 0 Å². The zero-order chi connectivity index (χ0) is 28.9. The van der Waals surface area contributed by atoms with Crippen molar-refractivity contribution in [3.8, 4) is 11.5 Å². The van der Waals surface area contributed by atoms with Gasteiger partial charge < -0.3 is 19.3 Å². The molecule has 41 heavy (non-hydrogen) atoms. The van der Waals surface area contributed by atoms with Crippen LogP contribution in [0, 0.1) is 18.8 Å². The Balaban J connectivity index is 1.54. The predicted octanol–water partition coefficient (Wildman–Crippen LogP) is 6.59. The topological polar surface area (TPSA) is 82.1 Å². The molecule has 0 heterocycles. The van der Waals surface area contributed by atoms with Gasteiger partial charge in [-0.3, -0.25) is 9.59 Å². The van der Waals surface area contributed by atoms with E-state index < -0.39 is 35.6 Å². The van der Waals surface area contributed by atoms with Gasteiger partial charge >= 0.3 is 11.9 Å². The minimum Gasteiger partial charge on any atom is -0.496 e. The summed E-state index contributed by atoms with van der Waals surface area (Å²) in [6, 6.07) is 32.6. The summed E-state index contributed by atoms with van der Waals surface area (Å²) in [6.07, 6.45) is 0. The van der Waals surface area contributed by atoms with Crippen LogP contribution in [0.4, 0.5) is 0 Å². The molecule has 0 aliphatic heterocycles. The molecule has 1 aliphatic rings. The smallest absolute Gasteiger partial charge is 0.310 e. The largest absolute Gasteiger partial charge is 0.496 e. The fourth-order valence-electron chi connectivity index (χ4n) is 6.30. The van der Waals surface area contributed by atoms with Gasteiger partial charge in [-0.1, -0.05) is 91.0 Å². The number of benzene rings is 4. The van der Waals surface area contributed by atoms with Gasteiger partial charge in [-0.05, 0) is 46.9 Å². The summed E-state index contributed by atoms with van der Waals surface area (Å²) < 4.78 is 17.3. The minimum absolute atomic E-state index is 0.124. The lowest BCUT2D eigenvalue weighted by atomic mass is 9.52. The van der Waals surface area contributed by atoms with Crippen LogP contribution in [-0.4, -0.2) is 37.9 Å². The van der Waals surface area contributed by atoms with Crippen molar-refractivity contribution in [1.82, 2.24) is 0 Å². The average Bonchev–Trinajstić information content (AvgIpc) is 2.98. The first kappa shape index (κ1) is 28.0. The maximum Gasteiger partial charge on any atom is 0.310 e. The Hall–Kier alpha value is -4.58. The van der Waals surface area contributed by atoms with E-state index in [0.29, 0.717) is 22.6 Å². The molecule has 1 N–H and O–H groups in total. The van der Waals surface area contributed by atoms with Crippen molar-refractivity contribution in [1.29, 1.82) is 0 Å². The van der Waals surface area contributed by atoms with Crippen molar-refractivity contribution in [2.24, 2.45) is 11.8 Å². The summed E-state index contributed by atoms with van der Waals surface area (Å²) >= 11 is 0. The van der Waals surface area contributed by atoms with Crippen molar-refractivity contribution in [3.63, 3.8) is 0 Å². The number of hydrogen-bond donors (Lipinski definition) is 1. The maximum atomic E-state index is 14.1. The Labute approximate surface area is 240 Å². The summed E-state index contributed by atoms with van der Waals surface area (Å²) in [5, 5.41) is 10.4. The number of rotatable bonds is 10. The number of esters is 1. The molecular weight excluding hydrogens is 516 g/mol. The van der Waals surface area contributed by atoms with E-state index in [0.717, 1.165) is 16.7 Å². The highest BCUT2D eigenvalue weighted by Gasteiger charge is 2.60. The molecule has 0 saturated heterocycles. The van der Waals surface area contributed by atoms with Crippen LogP contribution < -0.4 is 9.47 Å². The maximum absolute atomic E-state index is 14.1. The molecule has 1 unspecified atom stereocenters. The third kappa shape index (κ3) is 5.42. The van der Waals surface area contributed by atoms with Crippen molar-refractivity contribution >= 4 is 11.9 Å². The molecule has 0 bridgehead atoms. The van der Waals surface area contributed by atoms with E-state index in [-0.39, 0.29) is 12.5 Å². The van der Waals surface area contributed by atoms with Crippen LogP contribution in [0.1, 0.15) is 45.6 Å². The molecule has 0 spiro atoms. The van der Waals surface area contributed by atoms with Gasteiger partial charge in [0, 0.05) is 17.8 Å². The molecule has 6 heteroatoms. The van der Waals surface area contributed by atoms with Gasteiger partial charge in [0.05, 0.1) is 26.1 Å². The van der Waals surface area contributed by atoms with Crippen molar-refractivity contribution in [3.05, 3.63) is 131 Å². The lowest BCUT2D eigenvalue weighted by molar-refractivity contribution is -0.164. The van der Waals surface area contributed by atoms with E-state index in [1.54, 1.807) is 26.4 Å². The molecule has 1 aliphatic carbocycles. The van der Waals surface area contributed by atoms with Gasteiger partial charge in [-0.15, -0.1) is 0 Å². The number of aryl methyl sites for hydroxylation is 1. The zero-order valence-electron chi connectivity index (χ0n) is 23.4. The summed E-state index contributed by atoms with van der Waals surface area (Å²) in [5.41, 5.74) is 4.56. The molecule has 1 saturated carbocycles. The molecular formula is C35H34O6. The highest BCUT2D eigenvalue weighted by Crippen LogP contribution is 2.60.